The lowest BCUT2D eigenvalue weighted by atomic mass is 10.9. The maximum Gasteiger partial charge on any atom is 0.182 e. The molecule has 0 rings (SSSR count). The normalized spacial score (nSPS) is 5.20. The summed E-state index contributed by atoms with van der Waals surface area (Å²) in [5, 5.41) is -0.139. The van der Waals surface area contributed by atoms with Gasteiger partial charge in [-0.2, -0.15) is 13.5 Å². The smallest absolute Gasteiger partial charge is 0.182 e. The molecule has 0 heterocycles. The summed E-state index contributed by atoms with van der Waals surface area (Å²) in [6.07, 6.45) is 0. The summed E-state index contributed by atoms with van der Waals surface area (Å²) < 4.78 is 0. The third-order valence-corrected chi connectivity index (χ3v) is 0. The Balaban J connectivity index is 0. The van der Waals surface area contributed by atoms with Crippen LogP contribution in [0, 0.1) is 0 Å². The van der Waals surface area contributed by atoms with Crippen LogP contribution in [0.5, 0.6) is 0 Å². The quantitative estimate of drug-likeness (QED) is 0.451. The molecule has 0 amide bonds. The van der Waals surface area contributed by atoms with Gasteiger partial charge in [0.25, 0.3) is 0 Å². The monoisotopic (exact) mass is 110 g/mol. The minimum Gasteiger partial charge on any atom is -0.288 e. The number of carbonyl (C=O) groups excluding carboxylic acids is 1. The number of hydrogen-bond donors (Lipinski definition) is 1. The second kappa shape index (κ2) is 4.37. The average Bonchev–Trinajstić information content (AvgIpc) is 0.811. The molecule has 0 saturated heterocycles. The fraction of sp³-hybridized carbons (Fsp3) is 0.500. The van der Waals surface area contributed by atoms with E-state index in [1.807, 2.05) is 0 Å². The average molecular weight is 110 g/mol. The Morgan fingerprint density at radius 2 is 1.80 bits per heavy atom. The van der Waals surface area contributed by atoms with Gasteiger partial charge in [-0.1, -0.05) is 0 Å². The fourth-order valence-electron chi connectivity index (χ4n) is 0. The van der Waals surface area contributed by atoms with Crippen molar-refractivity contribution in [3.8, 4) is 0 Å². The largest absolute Gasteiger partial charge is 0.288 e. The summed E-state index contributed by atoms with van der Waals surface area (Å²) in [4.78, 5) is 9.31. The first kappa shape index (κ1) is 9.03. The SMILES string of the molecule is CC(=O)S.S. The molecule has 0 radical (unpaired) electrons. The standard InChI is InChI=1S/C2H4OS.H2S/c1-2(3)4;/h1H3,(H,3,4);1H2. The minimum absolute atomic E-state index is 0. The summed E-state index contributed by atoms with van der Waals surface area (Å²) in [5.74, 6) is 0. The highest BCUT2D eigenvalue weighted by molar-refractivity contribution is 7.96. The van der Waals surface area contributed by atoms with E-state index in [-0.39, 0.29) is 18.6 Å². The molecule has 0 aromatic heterocycles. The van der Waals surface area contributed by atoms with Gasteiger partial charge in [0.2, 0.25) is 0 Å². The van der Waals surface area contributed by atoms with Gasteiger partial charge in [-0.3, -0.25) is 4.79 Å². The van der Waals surface area contributed by atoms with Gasteiger partial charge >= 0.3 is 0 Å². The number of hydrogen-bond acceptors (Lipinski definition) is 1. The van der Waals surface area contributed by atoms with Crippen molar-refractivity contribution in [1.29, 1.82) is 0 Å². The molecule has 0 atom stereocenters. The Kier molecular flexibility index (Phi) is 7.89. The van der Waals surface area contributed by atoms with E-state index >= 15 is 0 Å². The van der Waals surface area contributed by atoms with Crippen molar-refractivity contribution in [2.45, 2.75) is 6.92 Å². The number of rotatable bonds is 0. The van der Waals surface area contributed by atoms with Gasteiger partial charge in [0.15, 0.2) is 5.12 Å². The number of thiol groups is 1. The van der Waals surface area contributed by atoms with Crippen molar-refractivity contribution in [2.24, 2.45) is 0 Å². The second-order valence-electron chi connectivity index (χ2n) is 0.519. The zero-order valence-electron chi connectivity index (χ0n) is 2.86. The third-order valence-electron chi connectivity index (χ3n) is 0. The summed E-state index contributed by atoms with van der Waals surface area (Å²) in [5.41, 5.74) is 0. The van der Waals surface area contributed by atoms with Gasteiger partial charge in [0.05, 0.1) is 0 Å². The highest BCUT2D eigenvalue weighted by Crippen LogP contribution is 1.66. The van der Waals surface area contributed by atoms with Crippen molar-refractivity contribution in [2.75, 3.05) is 0 Å². The van der Waals surface area contributed by atoms with Crippen molar-refractivity contribution in [3.63, 3.8) is 0 Å². The van der Waals surface area contributed by atoms with Crippen LogP contribution in [0.4, 0.5) is 0 Å². The van der Waals surface area contributed by atoms with E-state index in [1.54, 1.807) is 0 Å². The predicted octanol–water partition coefficient (Wildman–Crippen LogP) is 0.575. The van der Waals surface area contributed by atoms with E-state index in [9.17, 15) is 4.79 Å². The molecule has 0 aliphatic rings. The zero-order chi connectivity index (χ0) is 3.58. The lowest BCUT2D eigenvalue weighted by molar-refractivity contribution is -0.108. The third kappa shape index (κ3) is 179. The van der Waals surface area contributed by atoms with E-state index in [2.05, 4.69) is 12.6 Å². The molecular weight excluding hydrogens is 104 g/mol. The molecule has 0 unspecified atom stereocenters. The molecular formula is C2H6OS2. The predicted molar refractivity (Wildman–Crippen MR) is 30.0 cm³/mol. The Bertz CT molecular complexity index is 30.6. The molecule has 0 aliphatic heterocycles. The summed E-state index contributed by atoms with van der Waals surface area (Å²) in [6, 6.07) is 0. The molecule has 0 aromatic rings. The van der Waals surface area contributed by atoms with Gasteiger partial charge in [-0.25, -0.2) is 0 Å². The summed E-state index contributed by atoms with van der Waals surface area (Å²) >= 11 is 3.33. The molecule has 0 bridgehead atoms. The first-order valence-corrected chi connectivity index (χ1v) is 1.37. The lowest BCUT2D eigenvalue weighted by Gasteiger charge is -1.55. The van der Waals surface area contributed by atoms with Crippen molar-refractivity contribution in [1.82, 2.24) is 0 Å². The van der Waals surface area contributed by atoms with Gasteiger partial charge < -0.3 is 0 Å². The Morgan fingerprint density at radius 3 is 1.80 bits per heavy atom. The van der Waals surface area contributed by atoms with Crippen molar-refractivity contribution < 1.29 is 4.79 Å². The van der Waals surface area contributed by atoms with Crippen LogP contribution in [-0.2, 0) is 4.79 Å². The maximum absolute atomic E-state index is 9.31. The van der Waals surface area contributed by atoms with E-state index in [4.69, 9.17) is 0 Å². The van der Waals surface area contributed by atoms with Crippen LogP contribution in [0.25, 0.3) is 0 Å². The topological polar surface area (TPSA) is 17.1 Å². The highest BCUT2D eigenvalue weighted by atomic mass is 32.1. The van der Waals surface area contributed by atoms with Crippen LogP contribution in [0.2, 0.25) is 0 Å². The van der Waals surface area contributed by atoms with Gasteiger partial charge in [0.1, 0.15) is 0 Å². The van der Waals surface area contributed by atoms with E-state index in [1.165, 1.54) is 6.92 Å². The highest BCUT2D eigenvalue weighted by Gasteiger charge is 1.63. The molecule has 5 heavy (non-hydrogen) atoms. The summed E-state index contributed by atoms with van der Waals surface area (Å²) in [7, 11) is 0. The minimum atomic E-state index is -0.139. The zero-order valence-corrected chi connectivity index (χ0v) is 4.75. The Hall–Kier alpha value is 0.370. The van der Waals surface area contributed by atoms with Crippen LogP contribution in [0.3, 0.4) is 0 Å². The lowest BCUT2D eigenvalue weighted by Crippen LogP contribution is -1.62. The van der Waals surface area contributed by atoms with E-state index < -0.39 is 0 Å². The molecule has 0 aromatic carbocycles. The number of carbonyl (C=O) groups is 1. The van der Waals surface area contributed by atoms with Gasteiger partial charge in [-0.05, 0) is 0 Å². The fourth-order valence-corrected chi connectivity index (χ4v) is 0. The van der Waals surface area contributed by atoms with E-state index in [0.29, 0.717) is 0 Å². The molecule has 32 valence electrons. The van der Waals surface area contributed by atoms with Crippen LogP contribution in [-0.4, -0.2) is 5.12 Å². The molecule has 0 fully saturated rings. The first-order chi connectivity index (χ1) is 1.73. The van der Waals surface area contributed by atoms with Crippen molar-refractivity contribution in [3.05, 3.63) is 0 Å². The van der Waals surface area contributed by atoms with Crippen LogP contribution in [0.1, 0.15) is 6.92 Å². The molecule has 0 N–H and O–H groups in total. The molecule has 0 saturated carbocycles. The second-order valence-corrected chi connectivity index (χ2v) is 1.15. The van der Waals surface area contributed by atoms with Gasteiger partial charge in [0, 0.05) is 6.92 Å². The first-order valence-electron chi connectivity index (χ1n) is 0.928. The van der Waals surface area contributed by atoms with Gasteiger partial charge in [-0.15, -0.1) is 12.6 Å². The Labute approximate surface area is 43.6 Å². The van der Waals surface area contributed by atoms with Crippen LogP contribution < -0.4 is 0 Å². The maximum atomic E-state index is 9.31. The summed E-state index contributed by atoms with van der Waals surface area (Å²) in [6.45, 7) is 1.39. The molecule has 0 spiro atoms. The van der Waals surface area contributed by atoms with E-state index in [0.717, 1.165) is 0 Å². The Morgan fingerprint density at radius 1 is 1.80 bits per heavy atom. The molecule has 3 heteroatoms. The van der Waals surface area contributed by atoms with Crippen LogP contribution in [0.15, 0.2) is 0 Å². The van der Waals surface area contributed by atoms with Crippen molar-refractivity contribution >= 4 is 31.2 Å². The van der Waals surface area contributed by atoms with Crippen LogP contribution >= 0.6 is 26.1 Å². The molecule has 1 nitrogen and oxygen atoms in total. The molecule has 0 aliphatic carbocycles.